The van der Waals surface area contributed by atoms with Crippen LogP contribution in [0.5, 0.6) is 0 Å². The van der Waals surface area contributed by atoms with Gasteiger partial charge in [0.05, 0.1) is 7.85 Å². The van der Waals surface area contributed by atoms with Gasteiger partial charge in [0.25, 0.3) is 0 Å². The van der Waals surface area contributed by atoms with Gasteiger partial charge >= 0.3 is 0 Å². The number of nitrogens with zero attached hydrogens (tertiary/aromatic N) is 1. The van der Waals surface area contributed by atoms with Gasteiger partial charge in [-0.3, -0.25) is 9.59 Å². The van der Waals surface area contributed by atoms with Crippen LogP contribution in [0.15, 0.2) is 24.3 Å². The maximum Gasteiger partial charge on any atom is 0.159 e. The highest BCUT2D eigenvalue weighted by Gasteiger charge is 2.03. The van der Waals surface area contributed by atoms with Crippen LogP contribution >= 0.6 is 0 Å². The molecular formula is C13H18BNO2. The molecule has 1 aromatic carbocycles. The summed E-state index contributed by atoms with van der Waals surface area (Å²) in [6.45, 7) is 1.49. The van der Waals surface area contributed by atoms with Crippen molar-refractivity contribution in [2.75, 3.05) is 21.1 Å². The molecule has 4 heteroatoms. The molecule has 3 nitrogen and oxygen atoms in total. The van der Waals surface area contributed by atoms with Crippen molar-refractivity contribution in [2.45, 2.75) is 13.2 Å². The molecule has 0 saturated carbocycles. The molecule has 1 aromatic rings. The second-order valence-electron chi connectivity index (χ2n) is 4.10. The van der Waals surface area contributed by atoms with Crippen LogP contribution in [0.3, 0.4) is 0 Å². The van der Waals surface area contributed by atoms with Crippen LogP contribution < -0.4 is 0 Å². The van der Waals surface area contributed by atoms with Crippen LogP contribution in [0.25, 0.3) is 0 Å². The van der Waals surface area contributed by atoms with Gasteiger partial charge in [-0.2, -0.15) is 0 Å². The van der Waals surface area contributed by atoms with Crippen LogP contribution in [0.1, 0.15) is 27.6 Å². The third kappa shape index (κ3) is 6.69. The maximum atomic E-state index is 11.1. The van der Waals surface area contributed by atoms with E-state index in [2.05, 4.69) is 0 Å². The summed E-state index contributed by atoms with van der Waals surface area (Å²) in [5, 5.41) is 0. The smallest absolute Gasteiger partial charge is 0.159 e. The summed E-state index contributed by atoms with van der Waals surface area (Å²) in [4.78, 5) is 24.0. The minimum absolute atomic E-state index is 0.000577. The van der Waals surface area contributed by atoms with E-state index in [4.69, 9.17) is 7.85 Å². The van der Waals surface area contributed by atoms with Gasteiger partial charge in [0.2, 0.25) is 0 Å². The largest absolute Gasteiger partial charge is 0.312 e. The fourth-order valence-corrected chi connectivity index (χ4v) is 1.01. The minimum Gasteiger partial charge on any atom is -0.312 e. The average Bonchev–Trinajstić information content (AvgIpc) is 2.27. The summed E-state index contributed by atoms with van der Waals surface area (Å²) in [5.41, 5.74) is 1.15. The Morgan fingerprint density at radius 2 is 1.41 bits per heavy atom. The molecule has 1 rings (SSSR count). The van der Waals surface area contributed by atoms with Gasteiger partial charge in [-0.15, -0.1) is 0 Å². The predicted molar refractivity (Wildman–Crippen MR) is 70.9 cm³/mol. The lowest BCUT2D eigenvalue weighted by Crippen LogP contribution is -1.99. The third-order valence-electron chi connectivity index (χ3n) is 1.80. The summed E-state index contributed by atoms with van der Waals surface area (Å²) < 4.78 is 0. The Bertz CT molecular complexity index is 369. The molecule has 0 amide bonds. The van der Waals surface area contributed by atoms with E-state index in [-0.39, 0.29) is 17.9 Å². The first-order valence-electron chi connectivity index (χ1n) is 5.33. The molecule has 2 radical (unpaired) electrons. The van der Waals surface area contributed by atoms with Crippen LogP contribution in [-0.2, 0) is 0 Å². The summed E-state index contributed by atoms with van der Waals surface area (Å²) >= 11 is 0. The molecule has 0 aliphatic carbocycles. The van der Waals surface area contributed by atoms with Crippen LogP contribution in [-0.4, -0.2) is 45.5 Å². The van der Waals surface area contributed by atoms with Crippen molar-refractivity contribution < 1.29 is 9.59 Å². The highest BCUT2D eigenvalue weighted by molar-refractivity contribution is 6.24. The number of hydrogen-bond acceptors (Lipinski definition) is 3. The molecule has 0 fully saturated rings. The Labute approximate surface area is 104 Å². The molecule has 0 bridgehead atoms. The number of carbonyl (C=O) groups excluding carboxylic acids is 2. The fourth-order valence-electron chi connectivity index (χ4n) is 1.01. The van der Waals surface area contributed by atoms with Gasteiger partial charge in [-0.05, 0) is 34.4 Å². The Hall–Kier alpha value is -1.42. The molecule has 90 valence electrons. The van der Waals surface area contributed by atoms with Gasteiger partial charge in [-0.1, -0.05) is 24.3 Å². The highest BCUT2D eigenvalue weighted by Crippen LogP contribution is 2.06. The molecule has 0 spiro atoms. The first-order chi connectivity index (χ1) is 7.88. The summed E-state index contributed by atoms with van der Waals surface area (Å²) in [6.07, 6.45) is -0.000577. The van der Waals surface area contributed by atoms with Gasteiger partial charge in [0.1, 0.15) is 0 Å². The maximum absolute atomic E-state index is 11.1. The normalized spacial score (nSPS) is 9.47. The number of rotatable bonds is 3. The van der Waals surface area contributed by atoms with E-state index in [1.165, 1.54) is 6.92 Å². The molecule has 0 saturated heterocycles. The Balaban J connectivity index is 0.000000557. The number of benzene rings is 1. The molecule has 0 unspecified atom stereocenters. The molecule has 17 heavy (non-hydrogen) atoms. The third-order valence-corrected chi connectivity index (χ3v) is 1.80. The van der Waals surface area contributed by atoms with Crippen LogP contribution in [0, 0.1) is 0 Å². The zero-order valence-electron chi connectivity index (χ0n) is 10.9. The monoisotopic (exact) mass is 231 g/mol. The Morgan fingerprint density at radius 3 is 1.71 bits per heavy atom. The lowest BCUT2D eigenvalue weighted by Gasteiger charge is -1.98. The quantitative estimate of drug-likeness (QED) is 0.588. The van der Waals surface area contributed by atoms with Crippen LogP contribution in [0.2, 0.25) is 6.32 Å². The van der Waals surface area contributed by atoms with E-state index in [0.29, 0.717) is 11.1 Å². The number of ketones is 2. The van der Waals surface area contributed by atoms with Crippen molar-refractivity contribution in [3.05, 3.63) is 35.4 Å². The minimum atomic E-state index is -0.116. The van der Waals surface area contributed by atoms with Crippen molar-refractivity contribution in [2.24, 2.45) is 0 Å². The Morgan fingerprint density at radius 1 is 1.06 bits per heavy atom. The standard InChI is InChI=1S/C10H9BO2.C3H9N/c1-7(12)8-2-4-9(5-3-8)10(13)6-11;1-4(2)3/h2-5H,6H2,1H3;1-3H3. The average molecular weight is 231 g/mol. The predicted octanol–water partition coefficient (Wildman–Crippen LogP) is 1.84. The van der Waals surface area contributed by atoms with E-state index in [1.54, 1.807) is 24.3 Å². The van der Waals surface area contributed by atoms with Gasteiger partial charge in [-0.25, -0.2) is 0 Å². The SMILES string of the molecule is CN(C)C.[B]CC(=O)c1ccc(C(C)=O)cc1. The summed E-state index contributed by atoms with van der Waals surface area (Å²) in [7, 11) is 11.2. The second-order valence-corrected chi connectivity index (χ2v) is 4.10. The molecule has 0 aliphatic heterocycles. The second kappa shape index (κ2) is 7.79. The Kier molecular flexibility index (Phi) is 7.14. The van der Waals surface area contributed by atoms with E-state index < -0.39 is 0 Å². The zero-order chi connectivity index (χ0) is 13.4. The van der Waals surface area contributed by atoms with Gasteiger partial charge in [0, 0.05) is 11.1 Å². The van der Waals surface area contributed by atoms with Crippen molar-refractivity contribution in [1.29, 1.82) is 0 Å². The fraction of sp³-hybridized carbons (Fsp3) is 0.385. The lowest BCUT2D eigenvalue weighted by atomic mass is 9.95. The van der Waals surface area contributed by atoms with Crippen LogP contribution in [0.4, 0.5) is 0 Å². The summed E-state index contributed by atoms with van der Waals surface area (Å²) in [6, 6.07) is 6.49. The number of hydrogen-bond donors (Lipinski definition) is 0. The topological polar surface area (TPSA) is 37.4 Å². The summed E-state index contributed by atoms with van der Waals surface area (Å²) in [5.74, 6) is -0.123. The molecule has 0 heterocycles. The van der Waals surface area contributed by atoms with E-state index in [1.807, 2.05) is 26.0 Å². The van der Waals surface area contributed by atoms with Gasteiger partial charge in [0.15, 0.2) is 11.6 Å². The van der Waals surface area contributed by atoms with E-state index in [9.17, 15) is 9.59 Å². The highest BCUT2D eigenvalue weighted by atomic mass is 16.1. The van der Waals surface area contributed by atoms with Crippen molar-refractivity contribution in [1.82, 2.24) is 4.90 Å². The molecular weight excluding hydrogens is 213 g/mol. The van der Waals surface area contributed by atoms with Gasteiger partial charge < -0.3 is 4.90 Å². The lowest BCUT2D eigenvalue weighted by molar-refractivity contribution is 0.100. The van der Waals surface area contributed by atoms with Crippen molar-refractivity contribution in [3.63, 3.8) is 0 Å². The first-order valence-corrected chi connectivity index (χ1v) is 5.33. The number of carbonyl (C=O) groups is 2. The van der Waals surface area contributed by atoms with E-state index in [0.717, 1.165) is 0 Å². The molecule has 0 aliphatic rings. The first kappa shape index (κ1) is 15.6. The number of Topliss-reactive ketones (excluding diaryl/α,β-unsaturated/α-hetero) is 2. The van der Waals surface area contributed by atoms with Crippen molar-refractivity contribution >= 4 is 19.4 Å². The molecule has 0 atom stereocenters. The zero-order valence-corrected chi connectivity index (χ0v) is 10.9. The molecule has 0 aromatic heterocycles. The van der Waals surface area contributed by atoms with E-state index >= 15 is 0 Å². The molecule has 0 N–H and O–H groups in total. The van der Waals surface area contributed by atoms with Crippen molar-refractivity contribution in [3.8, 4) is 0 Å².